The van der Waals surface area contributed by atoms with Crippen LogP contribution < -0.4 is 10.5 Å². The zero-order valence-corrected chi connectivity index (χ0v) is 19.2. The summed E-state index contributed by atoms with van der Waals surface area (Å²) in [5.74, 6) is -0.201. The maximum Gasteiger partial charge on any atom is 0.266 e. The lowest BCUT2D eigenvalue weighted by atomic mass is 10.1. The summed E-state index contributed by atoms with van der Waals surface area (Å²) in [5.41, 5.74) is 3.94. The number of carbonyl (C=O) groups is 1. The Balaban J connectivity index is 1.74. The van der Waals surface area contributed by atoms with Gasteiger partial charge in [0.25, 0.3) is 5.56 Å². The van der Waals surface area contributed by atoms with E-state index in [0.29, 0.717) is 27.4 Å². The predicted molar refractivity (Wildman–Crippen MR) is 132 cm³/mol. The highest BCUT2D eigenvalue weighted by Crippen LogP contribution is 2.24. The van der Waals surface area contributed by atoms with Crippen molar-refractivity contribution in [3.63, 3.8) is 0 Å². The molecule has 4 aromatic rings. The van der Waals surface area contributed by atoms with E-state index in [1.807, 2.05) is 62.4 Å². The van der Waals surface area contributed by atoms with E-state index in [-0.39, 0.29) is 23.8 Å². The number of aryl methyl sites for hydroxylation is 2. The van der Waals surface area contributed by atoms with Crippen LogP contribution in [0, 0.1) is 25.2 Å². The van der Waals surface area contributed by atoms with Crippen LogP contribution in [0.5, 0.6) is 0 Å². The topological polar surface area (TPSA) is 79.0 Å². The SMILES string of the molecule is Cc1ccc(-n2c(SCC(=O)N(CC#N)c3ccccc3)nc3ccccc3c2=O)cc1C. The van der Waals surface area contributed by atoms with Gasteiger partial charge in [0.05, 0.1) is 28.4 Å². The fraction of sp³-hybridized carbons (Fsp3) is 0.154. The van der Waals surface area contributed by atoms with Crippen molar-refractivity contribution in [1.82, 2.24) is 9.55 Å². The number of anilines is 1. The van der Waals surface area contributed by atoms with Crippen LogP contribution in [0.25, 0.3) is 16.6 Å². The van der Waals surface area contributed by atoms with Crippen LogP contribution in [0.4, 0.5) is 5.69 Å². The van der Waals surface area contributed by atoms with E-state index in [1.165, 1.54) is 16.7 Å². The van der Waals surface area contributed by atoms with Gasteiger partial charge in [-0.2, -0.15) is 5.26 Å². The van der Waals surface area contributed by atoms with E-state index in [0.717, 1.165) is 11.1 Å². The molecule has 1 aromatic heterocycles. The zero-order chi connectivity index (χ0) is 23.4. The van der Waals surface area contributed by atoms with Gasteiger partial charge in [-0.15, -0.1) is 0 Å². The van der Waals surface area contributed by atoms with Crippen molar-refractivity contribution in [3.05, 3.63) is 94.3 Å². The molecular weight excluding hydrogens is 432 g/mol. The molecule has 0 radical (unpaired) electrons. The van der Waals surface area contributed by atoms with Crippen molar-refractivity contribution in [2.24, 2.45) is 0 Å². The Morgan fingerprint density at radius 2 is 1.76 bits per heavy atom. The molecule has 3 aromatic carbocycles. The average Bonchev–Trinajstić information content (AvgIpc) is 2.83. The third-order valence-electron chi connectivity index (χ3n) is 5.42. The number of para-hydroxylation sites is 2. The molecule has 0 saturated heterocycles. The van der Waals surface area contributed by atoms with Gasteiger partial charge in [0.1, 0.15) is 6.54 Å². The smallest absolute Gasteiger partial charge is 0.266 e. The van der Waals surface area contributed by atoms with Gasteiger partial charge in [-0.05, 0) is 61.4 Å². The Morgan fingerprint density at radius 3 is 2.48 bits per heavy atom. The Kier molecular flexibility index (Phi) is 6.57. The van der Waals surface area contributed by atoms with Crippen LogP contribution in [0.3, 0.4) is 0 Å². The summed E-state index contributed by atoms with van der Waals surface area (Å²) in [6.45, 7) is 3.95. The van der Waals surface area contributed by atoms with Crippen molar-refractivity contribution in [2.45, 2.75) is 19.0 Å². The summed E-state index contributed by atoms with van der Waals surface area (Å²) in [5, 5.41) is 10.2. The Morgan fingerprint density at radius 1 is 1.03 bits per heavy atom. The van der Waals surface area contributed by atoms with E-state index in [2.05, 4.69) is 6.07 Å². The molecule has 0 aliphatic carbocycles. The van der Waals surface area contributed by atoms with E-state index in [4.69, 9.17) is 4.98 Å². The molecule has 0 saturated carbocycles. The number of benzene rings is 3. The van der Waals surface area contributed by atoms with Crippen LogP contribution in [0.2, 0.25) is 0 Å². The van der Waals surface area contributed by atoms with Crippen LogP contribution in [-0.2, 0) is 4.79 Å². The summed E-state index contributed by atoms with van der Waals surface area (Å²) >= 11 is 1.19. The Labute approximate surface area is 196 Å². The van der Waals surface area contributed by atoms with Gasteiger partial charge in [-0.25, -0.2) is 4.98 Å². The van der Waals surface area contributed by atoms with Gasteiger partial charge in [-0.3, -0.25) is 19.1 Å². The van der Waals surface area contributed by atoms with Crippen LogP contribution in [-0.4, -0.2) is 27.8 Å². The minimum Gasteiger partial charge on any atom is -0.298 e. The predicted octanol–water partition coefficient (Wildman–Crippen LogP) is 4.65. The van der Waals surface area contributed by atoms with Gasteiger partial charge >= 0.3 is 0 Å². The van der Waals surface area contributed by atoms with Gasteiger partial charge in [0.15, 0.2) is 5.16 Å². The van der Waals surface area contributed by atoms with Crippen molar-refractivity contribution in [2.75, 3.05) is 17.2 Å². The fourth-order valence-corrected chi connectivity index (χ4v) is 4.40. The number of hydrogen-bond acceptors (Lipinski definition) is 5. The lowest BCUT2D eigenvalue weighted by Crippen LogP contribution is -2.33. The van der Waals surface area contributed by atoms with Gasteiger partial charge in [0.2, 0.25) is 5.91 Å². The van der Waals surface area contributed by atoms with Crippen LogP contribution in [0.15, 0.2) is 82.7 Å². The highest BCUT2D eigenvalue weighted by molar-refractivity contribution is 7.99. The normalized spacial score (nSPS) is 10.7. The third kappa shape index (κ3) is 4.66. The molecule has 0 fully saturated rings. The fourth-order valence-electron chi connectivity index (χ4n) is 3.51. The van der Waals surface area contributed by atoms with E-state index < -0.39 is 0 Å². The molecule has 6 nitrogen and oxygen atoms in total. The first-order valence-electron chi connectivity index (χ1n) is 10.4. The standard InChI is InChI=1S/C26H22N4O2S/c1-18-12-13-21(16-19(18)2)30-25(32)22-10-6-7-11-23(22)28-26(30)33-17-24(31)29(15-14-27)20-8-4-3-5-9-20/h3-13,16H,15,17H2,1-2H3. The minimum absolute atomic E-state index is 0.0339. The maximum atomic E-state index is 13.4. The highest BCUT2D eigenvalue weighted by atomic mass is 32.2. The molecule has 0 spiro atoms. The number of fused-ring (bicyclic) bond motifs is 1. The number of aromatic nitrogens is 2. The molecule has 0 aliphatic heterocycles. The molecule has 0 atom stereocenters. The van der Waals surface area contributed by atoms with Crippen molar-refractivity contribution in [3.8, 4) is 11.8 Å². The molecular formula is C26H22N4O2S. The lowest BCUT2D eigenvalue weighted by Gasteiger charge is -2.20. The molecule has 0 bridgehead atoms. The first kappa shape index (κ1) is 22.3. The summed E-state index contributed by atoms with van der Waals surface area (Å²) < 4.78 is 1.56. The largest absolute Gasteiger partial charge is 0.298 e. The molecule has 1 amide bonds. The molecule has 4 rings (SSSR count). The first-order chi connectivity index (χ1) is 16.0. The number of thioether (sulfide) groups is 1. The number of carbonyl (C=O) groups excluding carboxylic acids is 1. The monoisotopic (exact) mass is 454 g/mol. The molecule has 0 unspecified atom stereocenters. The molecule has 33 heavy (non-hydrogen) atoms. The molecule has 0 N–H and O–H groups in total. The van der Waals surface area contributed by atoms with Gasteiger partial charge in [-0.1, -0.05) is 48.2 Å². The van der Waals surface area contributed by atoms with E-state index >= 15 is 0 Å². The molecule has 1 heterocycles. The summed E-state index contributed by atoms with van der Waals surface area (Å²) in [6, 6.07) is 24.1. The molecule has 7 heteroatoms. The highest BCUT2D eigenvalue weighted by Gasteiger charge is 2.19. The van der Waals surface area contributed by atoms with Crippen LogP contribution >= 0.6 is 11.8 Å². The van der Waals surface area contributed by atoms with Gasteiger partial charge in [0, 0.05) is 5.69 Å². The first-order valence-corrected chi connectivity index (χ1v) is 11.4. The summed E-state index contributed by atoms with van der Waals surface area (Å²) in [4.78, 5) is 32.6. The second kappa shape index (κ2) is 9.72. The molecule has 0 aliphatic rings. The van der Waals surface area contributed by atoms with E-state index in [1.54, 1.807) is 28.8 Å². The second-order valence-electron chi connectivity index (χ2n) is 7.58. The second-order valence-corrected chi connectivity index (χ2v) is 8.53. The number of amides is 1. The van der Waals surface area contributed by atoms with E-state index in [9.17, 15) is 14.9 Å². The zero-order valence-electron chi connectivity index (χ0n) is 18.4. The molecule has 164 valence electrons. The van der Waals surface area contributed by atoms with Crippen molar-refractivity contribution < 1.29 is 4.79 Å². The Bertz CT molecular complexity index is 1420. The minimum atomic E-state index is -0.234. The Hall–Kier alpha value is -3.89. The van der Waals surface area contributed by atoms with Crippen molar-refractivity contribution >= 4 is 34.3 Å². The number of nitrogens with zero attached hydrogens (tertiary/aromatic N) is 4. The summed E-state index contributed by atoms with van der Waals surface area (Å²) in [7, 11) is 0. The number of nitriles is 1. The quantitative estimate of drug-likeness (QED) is 0.241. The third-order valence-corrected chi connectivity index (χ3v) is 6.34. The number of rotatable bonds is 6. The average molecular weight is 455 g/mol. The van der Waals surface area contributed by atoms with Gasteiger partial charge < -0.3 is 0 Å². The maximum absolute atomic E-state index is 13.4. The summed E-state index contributed by atoms with van der Waals surface area (Å²) in [6.07, 6.45) is 0. The van der Waals surface area contributed by atoms with Crippen molar-refractivity contribution in [1.29, 1.82) is 5.26 Å². The number of hydrogen-bond donors (Lipinski definition) is 0. The lowest BCUT2D eigenvalue weighted by molar-refractivity contribution is -0.116. The van der Waals surface area contributed by atoms with Crippen LogP contribution in [0.1, 0.15) is 11.1 Å².